The van der Waals surface area contributed by atoms with E-state index in [4.69, 9.17) is 9.47 Å². The fourth-order valence-corrected chi connectivity index (χ4v) is 2.26. The summed E-state index contributed by atoms with van der Waals surface area (Å²) in [5.74, 6) is 0.925. The average molecular weight is 316 g/mol. The van der Waals surface area contributed by atoms with Crippen LogP contribution in [0.15, 0.2) is 48.5 Å². The van der Waals surface area contributed by atoms with Crippen LogP contribution in [0.3, 0.4) is 0 Å². The number of hydrogen-bond donors (Lipinski definition) is 0. The molecule has 2 rings (SSSR count). The Labute approximate surface area is 136 Å². The van der Waals surface area contributed by atoms with Crippen molar-refractivity contribution < 1.29 is 18.7 Å². The van der Waals surface area contributed by atoms with Crippen molar-refractivity contribution in [1.82, 2.24) is 0 Å². The molecule has 0 N–H and O–H groups in total. The summed E-state index contributed by atoms with van der Waals surface area (Å²) in [5, 5.41) is 0. The van der Waals surface area contributed by atoms with Crippen LogP contribution in [0.1, 0.15) is 31.7 Å². The average Bonchev–Trinajstić information content (AvgIpc) is 2.55. The molecule has 0 aromatic heterocycles. The summed E-state index contributed by atoms with van der Waals surface area (Å²) in [4.78, 5) is 11.3. The van der Waals surface area contributed by atoms with Crippen LogP contribution in [0.5, 0.6) is 11.5 Å². The van der Waals surface area contributed by atoms with Crippen LogP contribution in [-0.2, 0) is 16.0 Å². The van der Waals surface area contributed by atoms with Crippen LogP contribution in [0.2, 0.25) is 0 Å². The first-order valence-corrected chi connectivity index (χ1v) is 7.86. The van der Waals surface area contributed by atoms with Crippen molar-refractivity contribution in [3.8, 4) is 11.5 Å². The minimum absolute atomic E-state index is 0.150. The molecule has 0 saturated heterocycles. The number of hydrogen-bond acceptors (Lipinski definition) is 3. The van der Waals surface area contributed by atoms with E-state index in [0.717, 1.165) is 30.6 Å². The van der Waals surface area contributed by atoms with Gasteiger partial charge in [0.2, 0.25) is 0 Å². The second-order valence-electron chi connectivity index (χ2n) is 5.18. The molecule has 0 bridgehead atoms. The Kier molecular flexibility index (Phi) is 6.60. The van der Waals surface area contributed by atoms with Crippen LogP contribution in [0, 0.1) is 5.82 Å². The summed E-state index contributed by atoms with van der Waals surface area (Å²) in [5.41, 5.74) is 1.07. The number of aryl methyl sites for hydroxylation is 1. The van der Waals surface area contributed by atoms with E-state index in [1.165, 1.54) is 12.1 Å². The van der Waals surface area contributed by atoms with E-state index in [1.807, 2.05) is 24.3 Å². The lowest BCUT2D eigenvalue weighted by Crippen LogP contribution is -2.03. The van der Waals surface area contributed by atoms with E-state index in [2.05, 4.69) is 0 Å². The number of unbranched alkanes of at least 4 members (excludes halogenated alkanes) is 1. The summed E-state index contributed by atoms with van der Waals surface area (Å²) in [6.45, 7) is 2.23. The first-order valence-electron chi connectivity index (χ1n) is 7.86. The van der Waals surface area contributed by atoms with Gasteiger partial charge in [0.15, 0.2) is 0 Å². The Hall–Kier alpha value is -2.36. The number of halogens is 1. The highest BCUT2D eigenvalue weighted by Gasteiger charge is 2.06. The molecule has 0 aliphatic rings. The molecule has 0 aliphatic carbocycles. The molecule has 0 aliphatic heterocycles. The number of carbonyl (C=O) groups excluding carboxylic acids is 1. The maximum atomic E-state index is 12.9. The molecule has 0 unspecified atom stereocenters. The van der Waals surface area contributed by atoms with Crippen molar-refractivity contribution in [2.75, 3.05) is 6.61 Å². The number of rotatable bonds is 8. The summed E-state index contributed by atoms with van der Waals surface area (Å²) < 4.78 is 23.7. The smallest absolute Gasteiger partial charge is 0.305 e. The zero-order chi connectivity index (χ0) is 16.5. The number of benzene rings is 2. The molecule has 0 atom stereocenters. The number of esters is 1. The molecule has 0 fully saturated rings. The second kappa shape index (κ2) is 8.93. The highest BCUT2D eigenvalue weighted by molar-refractivity contribution is 5.69. The van der Waals surface area contributed by atoms with Crippen molar-refractivity contribution in [2.45, 2.75) is 32.6 Å². The molecular weight excluding hydrogens is 295 g/mol. The Bertz CT molecular complexity index is 623. The van der Waals surface area contributed by atoms with Crippen molar-refractivity contribution in [3.63, 3.8) is 0 Å². The van der Waals surface area contributed by atoms with E-state index in [1.54, 1.807) is 19.1 Å². The van der Waals surface area contributed by atoms with Gasteiger partial charge in [-0.15, -0.1) is 0 Å². The van der Waals surface area contributed by atoms with E-state index < -0.39 is 0 Å². The topological polar surface area (TPSA) is 35.5 Å². The largest absolute Gasteiger partial charge is 0.466 e. The molecule has 0 amide bonds. The van der Waals surface area contributed by atoms with Gasteiger partial charge in [-0.1, -0.05) is 18.2 Å². The summed E-state index contributed by atoms with van der Waals surface area (Å²) in [6, 6.07) is 13.7. The van der Waals surface area contributed by atoms with Crippen molar-refractivity contribution in [3.05, 3.63) is 59.9 Å². The van der Waals surface area contributed by atoms with Crippen LogP contribution in [0.25, 0.3) is 0 Å². The minimum Gasteiger partial charge on any atom is -0.466 e. The van der Waals surface area contributed by atoms with Crippen molar-refractivity contribution in [2.24, 2.45) is 0 Å². The lowest BCUT2D eigenvalue weighted by molar-refractivity contribution is -0.143. The van der Waals surface area contributed by atoms with Crippen LogP contribution < -0.4 is 4.74 Å². The van der Waals surface area contributed by atoms with E-state index in [-0.39, 0.29) is 11.8 Å². The fraction of sp³-hybridized carbons (Fsp3) is 0.316. The van der Waals surface area contributed by atoms with Gasteiger partial charge < -0.3 is 9.47 Å². The normalized spacial score (nSPS) is 10.3. The summed E-state index contributed by atoms with van der Waals surface area (Å²) >= 11 is 0. The maximum Gasteiger partial charge on any atom is 0.305 e. The number of ether oxygens (including phenoxy) is 2. The Morgan fingerprint density at radius 2 is 1.78 bits per heavy atom. The van der Waals surface area contributed by atoms with Crippen molar-refractivity contribution in [1.29, 1.82) is 0 Å². The molecule has 0 heterocycles. The van der Waals surface area contributed by atoms with Gasteiger partial charge in [-0.05, 0) is 62.1 Å². The predicted molar refractivity (Wildman–Crippen MR) is 87.1 cm³/mol. The molecule has 0 saturated carbocycles. The quantitative estimate of drug-likeness (QED) is 0.513. The number of carbonyl (C=O) groups is 1. The van der Waals surface area contributed by atoms with Gasteiger partial charge in [0.1, 0.15) is 17.3 Å². The third kappa shape index (κ3) is 5.74. The third-order valence-corrected chi connectivity index (χ3v) is 3.40. The van der Waals surface area contributed by atoms with Gasteiger partial charge in [-0.2, -0.15) is 0 Å². The van der Waals surface area contributed by atoms with Gasteiger partial charge in [0.05, 0.1) is 6.61 Å². The van der Waals surface area contributed by atoms with Crippen LogP contribution in [-0.4, -0.2) is 12.6 Å². The lowest BCUT2D eigenvalue weighted by Gasteiger charge is -2.11. The van der Waals surface area contributed by atoms with Crippen LogP contribution in [0.4, 0.5) is 4.39 Å². The maximum absolute atomic E-state index is 12.9. The third-order valence-electron chi connectivity index (χ3n) is 3.40. The first-order chi connectivity index (χ1) is 11.2. The van der Waals surface area contributed by atoms with Gasteiger partial charge in [-0.25, -0.2) is 4.39 Å². The Morgan fingerprint density at radius 3 is 2.52 bits per heavy atom. The SMILES string of the molecule is CCOC(=O)CCCCc1ccccc1Oc1ccc(F)cc1. The molecule has 2 aromatic rings. The van der Waals surface area contributed by atoms with Gasteiger partial charge in [-0.3, -0.25) is 4.79 Å². The molecular formula is C19H21FO3. The molecule has 23 heavy (non-hydrogen) atoms. The molecule has 4 heteroatoms. The minimum atomic E-state index is -0.287. The Morgan fingerprint density at radius 1 is 1.04 bits per heavy atom. The molecule has 122 valence electrons. The van der Waals surface area contributed by atoms with Gasteiger partial charge in [0.25, 0.3) is 0 Å². The van der Waals surface area contributed by atoms with Crippen molar-refractivity contribution >= 4 is 5.97 Å². The van der Waals surface area contributed by atoms with E-state index in [9.17, 15) is 9.18 Å². The first kappa shape index (κ1) is 17.0. The monoisotopic (exact) mass is 316 g/mol. The summed E-state index contributed by atoms with van der Waals surface area (Å²) in [7, 11) is 0. The van der Waals surface area contributed by atoms with E-state index in [0.29, 0.717) is 18.8 Å². The second-order valence-corrected chi connectivity index (χ2v) is 5.18. The molecule has 3 nitrogen and oxygen atoms in total. The van der Waals surface area contributed by atoms with E-state index >= 15 is 0 Å². The predicted octanol–water partition coefficient (Wildman–Crippen LogP) is 4.89. The molecule has 2 aromatic carbocycles. The highest BCUT2D eigenvalue weighted by Crippen LogP contribution is 2.26. The molecule has 0 spiro atoms. The Balaban J connectivity index is 1.90. The number of para-hydroxylation sites is 1. The zero-order valence-corrected chi connectivity index (χ0v) is 13.3. The molecule has 0 radical (unpaired) electrons. The highest BCUT2D eigenvalue weighted by atomic mass is 19.1. The lowest BCUT2D eigenvalue weighted by atomic mass is 10.1. The van der Waals surface area contributed by atoms with Gasteiger partial charge >= 0.3 is 5.97 Å². The zero-order valence-electron chi connectivity index (χ0n) is 13.3. The fourth-order valence-electron chi connectivity index (χ4n) is 2.26. The standard InChI is InChI=1S/C19H21FO3/c1-2-22-19(21)10-6-4-8-15-7-3-5-9-18(15)23-17-13-11-16(20)12-14-17/h3,5,7,9,11-14H,2,4,6,8,10H2,1H3. The van der Waals surface area contributed by atoms with Crippen LogP contribution >= 0.6 is 0 Å². The summed E-state index contributed by atoms with van der Waals surface area (Å²) in [6.07, 6.45) is 2.91. The van der Waals surface area contributed by atoms with Gasteiger partial charge in [0, 0.05) is 6.42 Å².